The topological polar surface area (TPSA) is 52.6 Å². The summed E-state index contributed by atoms with van der Waals surface area (Å²) in [5, 5.41) is 13.0. The van der Waals surface area contributed by atoms with Gasteiger partial charge in [-0.2, -0.15) is 0 Å². The molecule has 1 unspecified atom stereocenters. The Morgan fingerprint density at radius 2 is 2.33 bits per heavy atom. The van der Waals surface area contributed by atoms with Gasteiger partial charge < -0.3 is 15.3 Å². The van der Waals surface area contributed by atoms with Crippen LogP contribution in [0.5, 0.6) is 0 Å². The first-order valence-corrected chi connectivity index (χ1v) is 6.40. The van der Waals surface area contributed by atoms with Crippen LogP contribution in [0.1, 0.15) is 5.56 Å². The zero-order chi connectivity index (χ0) is 13.1. The lowest BCUT2D eigenvalue weighted by Gasteiger charge is -2.26. The number of carbonyl (C=O) groups is 1. The van der Waals surface area contributed by atoms with E-state index in [0.717, 1.165) is 24.3 Å². The van der Waals surface area contributed by atoms with Gasteiger partial charge >= 0.3 is 5.97 Å². The predicted molar refractivity (Wildman–Crippen MR) is 72.4 cm³/mol. The number of aryl methyl sites for hydroxylation is 1. The largest absolute Gasteiger partial charge is 0.481 e. The van der Waals surface area contributed by atoms with Gasteiger partial charge in [0.2, 0.25) is 0 Å². The van der Waals surface area contributed by atoms with Gasteiger partial charge in [-0.05, 0) is 30.7 Å². The van der Waals surface area contributed by atoms with E-state index in [2.05, 4.69) is 10.2 Å². The van der Waals surface area contributed by atoms with E-state index in [4.69, 9.17) is 16.7 Å². The summed E-state index contributed by atoms with van der Waals surface area (Å²) in [5.41, 5.74) is 2.14. The van der Waals surface area contributed by atoms with E-state index in [1.807, 2.05) is 25.1 Å². The van der Waals surface area contributed by atoms with Crippen LogP contribution in [0.2, 0.25) is 5.02 Å². The van der Waals surface area contributed by atoms with Crippen molar-refractivity contribution in [3.05, 3.63) is 28.8 Å². The highest BCUT2D eigenvalue weighted by Gasteiger charge is 2.24. The van der Waals surface area contributed by atoms with Crippen LogP contribution in [0.25, 0.3) is 0 Å². The van der Waals surface area contributed by atoms with Gasteiger partial charge in [0.1, 0.15) is 0 Å². The standard InChI is InChI=1S/C13H17ClN2O2/c1-9-6-11(14)2-3-12(9)16-5-4-15-7-10(8-16)13(17)18/h2-3,6,10,15H,4-5,7-8H2,1H3,(H,17,18). The first kappa shape index (κ1) is 13.2. The van der Waals surface area contributed by atoms with Crippen LogP contribution in [0.15, 0.2) is 18.2 Å². The number of halogens is 1. The zero-order valence-electron chi connectivity index (χ0n) is 10.3. The fraction of sp³-hybridized carbons (Fsp3) is 0.462. The molecule has 0 radical (unpaired) electrons. The van der Waals surface area contributed by atoms with Gasteiger partial charge in [-0.3, -0.25) is 4.79 Å². The van der Waals surface area contributed by atoms with Crippen molar-refractivity contribution in [2.45, 2.75) is 6.92 Å². The number of nitrogens with one attached hydrogen (secondary N) is 1. The van der Waals surface area contributed by atoms with Crippen LogP contribution in [-0.2, 0) is 4.79 Å². The Bertz CT molecular complexity index is 451. The number of carboxylic acids is 1. The molecule has 1 aliphatic heterocycles. The van der Waals surface area contributed by atoms with Gasteiger partial charge in [0.05, 0.1) is 5.92 Å². The molecule has 1 aliphatic rings. The molecule has 98 valence electrons. The Morgan fingerprint density at radius 1 is 1.56 bits per heavy atom. The lowest BCUT2D eigenvalue weighted by Crippen LogP contribution is -2.34. The first-order chi connectivity index (χ1) is 8.58. The quantitative estimate of drug-likeness (QED) is 0.858. The fourth-order valence-corrected chi connectivity index (χ4v) is 2.50. The van der Waals surface area contributed by atoms with Crippen molar-refractivity contribution in [3.8, 4) is 0 Å². The Morgan fingerprint density at radius 3 is 3.00 bits per heavy atom. The molecule has 5 heteroatoms. The molecule has 0 aromatic heterocycles. The Kier molecular flexibility index (Phi) is 4.09. The first-order valence-electron chi connectivity index (χ1n) is 6.02. The van der Waals surface area contributed by atoms with Gasteiger partial charge in [0.25, 0.3) is 0 Å². The summed E-state index contributed by atoms with van der Waals surface area (Å²) in [5.74, 6) is -1.12. The Labute approximate surface area is 112 Å². The summed E-state index contributed by atoms with van der Waals surface area (Å²) < 4.78 is 0. The number of rotatable bonds is 2. The van der Waals surface area contributed by atoms with E-state index in [9.17, 15) is 4.79 Å². The molecule has 1 aromatic carbocycles. The van der Waals surface area contributed by atoms with Crippen LogP contribution in [0.4, 0.5) is 5.69 Å². The predicted octanol–water partition coefficient (Wildman–Crippen LogP) is 1.76. The molecule has 1 atom stereocenters. The number of anilines is 1. The molecule has 1 aromatic rings. The molecular weight excluding hydrogens is 252 g/mol. The highest BCUT2D eigenvalue weighted by Crippen LogP contribution is 2.24. The maximum Gasteiger partial charge on any atom is 0.309 e. The van der Waals surface area contributed by atoms with Gasteiger partial charge in [0, 0.05) is 36.9 Å². The molecule has 1 fully saturated rings. The number of aliphatic carboxylic acids is 1. The zero-order valence-corrected chi connectivity index (χ0v) is 11.1. The summed E-state index contributed by atoms with van der Waals surface area (Å²) >= 11 is 5.94. The van der Waals surface area contributed by atoms with Crippen molar-refractivity contribution in [1.82, 2.24) is 5.32 Å². The smallest absolute Gasteiger partial charge is 0.309 e. The third kappa shape index (κ3) is 2.94. The number of hydrogen-bond acceptors (Lipinski definition) is 3. The third-order valence-corrected chi connectivity index (χ3v) is 3.47. The average Bonchev–Trinajstić information content (AvgIpc) is 2.54. The molecular formula is C13H17ClN2O2. The van der Waals surface area contributed by atoms with Gasteiger partial charge in [-0.1, -0.05) is 11.6 Å². The highest BCUT2D eigenvalue weighted by atomic mass is 35.5. The molecule has 0 amide bonds. The average molecular weight is 269 g/mol. The summed E-state index contributed by atoms with van der Waals surface area (Å²) in [6.07, 6.45) is 0. The van der Waals surface area contributed by atoms with E-state index in [1.165, 1.54) is 0 Å². The van der Waals surface area contributed by atoms with E-state index in [1.54, 1.807) is 0 Å². The van der Waals surface area contributed by atoms with Crippen molar-refractivity contribution in [1.29, 1.82) is 0 Å². The second kappa shape index (κ2) is 5.59. The van der Waals surface area contributed by atoms with Crippen LogP contribution in [0, 0.1) is 12.8 Å². The fourth-order valence-electron chi connectivity index (χ4n) is 2.27. The lowest BCUT2D eigenvalue weighted by molar-refractivity contribution is -0.141. The highest BCUT2D eigenvalue weighted by molar-refractivity contribution is 6.30. The van der Waals surface area contributed by atoms with E-state index in [0.29, 0.717) is 18.1 Å². The van der Waals surface area contributed by atoms with Crippen molar-refractivity contribution in [3.63, 3.8) is 0 Å². The maximum atomic E-state index is 11.1. The minimum absolute atomic E-state index is 0.373. The molecule has 2 rings (SSSR count). The molecule has 2 N–H and O–H groups in total. The van der Waals surface area contributed by atoms with Gasteiger partial charge in [-0.25, -0.2) is 0 Å². The number of carboxylic acid groups (broad SMARTS) is 1. The normalized spacial score (nSPS) is 20.6. The Hall–Kier alpha value is -1.26. The monoisotopic (exact) mass is 268 g/mol. The Balaban J connectivity index is 2.22. The number of benzene rings is 1. The maximum absolute atomic E-state index is 11.1. The lowest BCUT2D eigenvalue weighted by atomic mass is 10.1. The van der Waals surface area contributed by atoms with Crippen LogP contribution < -0.4 is 10.2 Å². The van der Waals surface area contributed by atoms with Gasteiger partial charge in [0.15, 0.2) is 0 Å². The third-order valence-electron chi connectivity index (χ3n) is 3.24. The van der Waals surface area contributed by atoms with E-state index >= 15 is 0 Å². The molecule has 0 aliphatic carbocycles. The van der Waals surface area contributed by atoms with Crippen LogP contribution >= 0.6 is 11.6 Å². The molecule has 0 spiro atoms. The summed E-state index contributed by atoms with van der Waals surface area (Å²) in [4.78, 5) is 13.3. The molecule has 1 saturated heterocycles. The molecule has 1 heterocycles. The van der Waals surface area contributed by atoms with Crippen molar-refractivity contribution in [2.24, 2.45) is 5.92 Å². The van der Waals surface area contributed by atoms with Crippen LogP contribution in [0.3, 0.4) is 0 Å². The van der Waals surface area contributed by atoms with Crippen molar-refractivity contribution in [2.75, 3.05) is 31.1 Å². The van der Waals surface area contributed by atoms with Crippen LogP contribution in [-0.4, -0.2) is 37.3 Å². The minimum Gasteiger partial charge on any atom is -0.481 e. The molecule has 0 bridgehead atoms. The van der Waals surface area contributed by atoms with E-state index in [-0.39, 0.29) is 5.92 Å². The second-order valence-corrected chi connectivity index (χ2v) is 5.05. The summed E-state index contributed by atoms with van der Waals surface area (Å²) in [6, 6.07) is 5.71. The van der Waals surface area contributed by atoms with Crippen molar-refractivity contribution >= 4 is 23.3 Å². The van der Waals surface area contributed by atoms with E-state index < -0.39 is 5.97 Å². The SMILES string of the molecule is Cc1cc(Cl)ccc1N1CCNCC(C(=O)O)C1. The second-order valence-electron chi connectivity index (χ2n) is 4.62. The number of hydrogen-bond donors (Lipinski definition) is 2. The summed E-state index contributed by atoms with van der Waals surface area (Å²) in [7, 11) is 0. The van der Waals surface area contributed by atoms with Crippen molar-refractivity contribution < 1.29 is 9.90 Å². The number of nitrogens with zero attached hydrogens (tertiary/aromatic N) is 1. The van der Waals surface area contributed by atoms with Gasteiger partial charge in [-0.15, -0.1) is 0 Å². The molecule has 18 heavy (non-hydrogen) atoms. The summed E-state index contributed by atoms with van der Waals surface area (Å²) in [6.45, 7) is 4.66. The molecule has 4 nitrogen and oxygen atoms in total. The minimum atomic E-state index is -0.749. The molecule has 0 saturated carbocycles.